The number of thiazole rings is 1. The van der Waals surface area contributed by atoms with E-state index in [1.165, 1.54) is 11.3 Å². The fourth-order valence-corrected chi connectivity index (χ4v) is 4.39. The number of benzene rings is 1. The van der Waals surface area contributed by atoms with Crippen molar-refractivity contribution in [1.82, 2.24) is 19.4 Å². The van der Waals surface area contributed by atoms with Crippen LogP contribution in [-0.4, -0.2) is 38.4 Å². The van der Waals surface area contributed by atoms with Gasteiger partial charge in [-0.05, 0) is 31.9 Å². The smallest absolute Gasteiger partial charge is 0.307 e. The summed E-state index contributed by atoms with van der Waals surface area (Å²) < 4.78 is 1.68. The first kappa shape index (κ1) is 17.0. The largest absolute Gasteiger partial charge is 0.342 e. The number of aryl methyl sites for hydroxylation is 1. The monoisotopic (exact) mass is 370 g/mol. The average molecular weight is 370 g/mol. The summed E-state index contributed by atoms with van der Waals surface area (Å²) in [4.78, 5) is 34.5. The molecule has 1 amide bonds. The molecule has 136 valence electrons. The maximum absolute atomic E-state index is 12.6. The number of carbonyl (C=O) groups is 1. The number of hydrogen-bond donors (Lipinski definition) is 1. The molecule has 4 rings (SSSR count). The predicted octanol–water partition coefficient (Wildman–Crippen LogP) is 2.89. The Hall–Kier alpha value is -2.41. The highest BCUT2D eigenvalue weighted by Gasteiger charge is 2.26. The number of nitrogens with zero attached hydrogens (tertiary/aromatic N) is 3. The Bertz CT molecular complexity index is 954. The molecule has 1 aliphatic rings. The van der Waals surface area contributed by atoms with Gasteiger partial charge >= 0.3 is 4.87 Å². The number of nitrogens with one attached hydrogen (secondary N) is 1. The SMILES string of the molecule is Cc1csc(=O)n1CCC(=O)N1CCCC(c2nc3ccccc3[nH]2)C1. The summed E-state index contributed by atoms with van der Waals surface area (Å²) >= 11 is 1.19. The standard InChI is InChI=1S/C19H22N4O2S/c1-13-12-26-19(25)23(13)10-8-17(24)22-9-4-5-14(11-22)18-20-15-6-2-3-7-16(15)21-18/h2-3,6-7,12,14H,4-5,8-11H2,1H3,(H,20,21). The Kier molecular flexibility index (Phi) is 4.63. The van der Waals surface area contributed by atoms with E-state index in [2.05, 4.69) is 4.98 Å². The molecule has 3 heterocycles. The van der Waals surface area contributed by atoms with Gasteiger partial charge < -0.3 is 14.5 Å². The number of H-pyrrole nitrogens is 1. The van der Waals surface area contributed by atoms with Crippen molar-refractivity contribution in [3.8, 4) is 0 Å². The van der Waals surface area contributed by atoms with Gasteiger partial charge in [0, 0.05) is 43.0 Å². The van der Waals surface area contributed by atoms with Crippen LogP contribution >= 0.6 is 11.3 Å². The van der Waals surface area contributed by atoms with Gasteiger partial charge in [-0.1, -0.05) is 23.5 Å². The van der Waals surface area contributed by atoms with Gasteiger partial charge in [-0.25, -0.2) is 4.98 Å². The summed E-state index contributed by atoms with van der Waals surface area (Å²) in [5.41, 5.74) is 2.93. The van der Waals surface area contributed by atoms with Crippen molar-refractivity contribution in [2.75, 3.05) is 13.1 Å². The van der Waals surface area contributed by atoms with Crippen LogP contribution in [0.2, 0.25) is 0 Å². The number of hydrogen-bond acceptors (Lipinski definition) is 4. The molecule has 0 spiro atoms. The van der Waals surface area contributed by atoms with E-state index in [9.17, 15) is 9.59 Å². The number of fused-ring (bicyclic) bond motifs is 1. The van der Waals surface area contributed by atoms with Gasteiger partial charge in [-0.2, -0.15) is 0 Å². The number of rotatable bonds is 4. The highest BCUT2D eigenvalue weighted by Crippen LogP contribution is 2.27. The summed E-state index contributed by atoms with van der Waals surface area (Å²) in [6, 6.07) is 8.01. The molecule has 1 fully saturated rings. The Labute approximate surface area is 155 Å². The number of para-hydroxylation sites is 2. The number of piperidine rings is 1. The molecule has 26 heavy (non-hydrogen) atoms. The van der Waals surface area contributed by atoms with Crippen molar-refractivity contribution in [3.63, 3.8) is 0 Å². The van der Waals surface area contributed by atoms with Crippen LogP contribution in [0.15, 0.2) is 34.4 Å². The van der Waals surface area contributed by atoms with E-state index in [0.717, 1.165) is 41.9 Å². The fourth-order valence-electron chi connectivity index (χ4n) is 3.63. The lowest BCUT2D eigenvalue weighted by Crippen LogP contribution is -2.40. The molecule has 1 atom stereocenters. The Balaban J connectivity index is 1.42. The second-order valence-electron chi connectivity index (χ2n) is 6.86. The molecule has 0 bridgehead atoms. The second-order valence-corrected chi connectivity index (χ2v) is 7.68. The van der Waals surface area contributed by atoms with Crippen molar-refractivity contribution in [2.24, 2.45) is 0 Å². The molecule has 2 aromatic heterocycles. The highest BCUT2D eigenvalue weighted by molar-refractivity contribution is 7.07. The fraction of sp³-hybridized carbons (Fsp3) is 0.421. The number of likely N-dealkylation sites (tertiary alicyclic amines) is 1. The van der Waals surface area contributed by atoms with Gasteiger partial charge in [0.05, 0.1) is 11.0 Å². The minimum atomic E-state index is 0.00842. The number of amides is 1. The molecule has 1 saturated heterocycles. The summed E-state index contributed by atoms with van der Waals surface area (Å²) in [7, 11) is 0. The van der Waals surface area contributed by atoms with E-state index in [1.54, 1.807) is 4.57 Å². The molecule has 0 saturated carbocycles. The minimum absolute atomic E-state index is 0.00842. The zero-order valence-electron chi connectivity index (χ0n) is 14.8. The van der Waals surface area contributed by atoms with Gasteiger partial charge in [-0.3, -0.25) is 9.59 Å². The van der Waals surface area contributed by atoms with E-state index in [1.807, 2.05) is 41.5 Å². The van der Waals surface area contributed by atoms with Crippen LogP contribution in [0, 0.1) is 6.92 Å². The topological polar surface area (TPSA) is 71.0 Å². The van der Waals surface area contributed by atoms with Gasteiger partial charge in [0.25, 0.3) is 0 Å². The van der Waals surface area contributed by atoms with Crippen LogP contribution in [0.1, 0.15) is 36.7 Å². The Morgan fingerprint density at radius 2 is 2.23 bits per heavy atom. The van der Waals surface area contributed by atoms with Crippen LogP contribution in [-0.2, 0) is 11.3 Å². The van der Waals surface area contributed by atoms with Crippen molar-refractivity contribution >= 4 is 28.3 Å². The summed E-state index contributed by atoms with van der Waals surface area (Å²) in [5.74, 6) is 1.32. The molecule has 3 aromatic rings. The van der Waals surface area contributed by atoms with Crippen LogP contribution in [0.25, 0.3) is 11.0 Å². The molecule has 0 radical (unpaired) electrons. The Morgan fingerprint density at radius 1 is 1.38 bits per heavy atom. The minimum Gasteiger partial charge on any atom is -0.342 e. The summed E-state index contributed by atoms with van der Waals surface area (Å²) in [6.07, 6.45) is 2.38. The lowest BCUT2D eigenvalue weighted by atomic mass is 9.97. The third-order valence-electron chi connectivity index (χ3n) is 5.09. The molecular formula is C19H22N4O2S. The van der Waals surface area contributed by atoms with Crippen molar-refractivity contribution in [3.05, 3.63) is 50.8 Å². The van der Waals surface area contributed by atoms with Crippen LogP contribution < -0.4 is 4.87 Å². The number of carbonyl (C=O) groups excluding carboxylic acids is 1. The van der Waals surface area contributed by atoms with Crippen LogP contribution in [0.4, 0.5) is 0 Å². The first-order chi connectivity index (χ1) is 12.6. The molecule has 6 nitrogen and oxygen atoms in total. The highest BCUT2D eigenvalue weighted by atomic mass is 32.1. The number of aromatic amines is 1. The van der Waals surface area contributed by atoms with E-state index in [-0.39, 0.29) is 16.7 Å². The van der Waals surface area contributed by atoms with Crippen molar-refractivity contribution in [1.29, 1.82) is 0 Å². The summed E-state index contributed by atoms with van der Waals surface area (Å²) in [5, 5.41) is 1.84. The van der Waals surface area contributed by atoms with E-state index < -0.39 is 0 Å². The summed E-state index contributed by atoms with van der Waals surface area (Å²) in [6.45, 7) is 3.84. The van der Waals surface area contributed by atoms with E-state index in [4.69, 9.17) is 4.98 Å². The van der Waals surface area contributed by atoms with Crippen LogP contribution in [0.3, 0.4) is 0 Å². The Morgan fingerprint density at radius 3 is 3.00 bits per heavy atom. The lowest BCUT2D eigenvalue weighted by Gasteiger charge is -2.32. The maximum atomic E-state index is 12.6. The van der Waals surface area contributed by atoms with Crippen molar-refractivity contribution in [2.45, 2.75) is 38.6 Å². The molecular weight excluding hydrogens is 348 g/mol. The second kappa shape index (κ2) is 7.07. The molecule has 1 unspecified atom stereocenters. The zero-order valence-corrected chi connectivity index (χ0v) is 15.6. The molecule has 1 aliphatic heterocycles. The number of imidazole rings is 1. The number of aromatic nitrogens is 3. The van der Waals surface area contributed by atoms with E-state index in [0.29, 0.717) is 19.5 Å². The lowest BCUT2D eigenvalue weighted by molar-refractivity contribution is -0.132. The van der Waals surface area contributed by atoms with Gasteiger partial charge in [0.2, 0.25) is 5.91 Å². The molecule has 7 heteroatoms. The van der Waals surface area contributed by atoms with Gasteiger partial charge in [0.1, 0.15) is 5.82 Å². The maximum Gasteiger partial charge on any atom is 0.307 e. The van der Waals surface area contributed by atoms with Gasteiger partial charge in [-0.15, -0.1) is 0 Å². The van der Waals surface area contributed by atoms with Crippen LogP contribution in [0.5, 0.6) is 0 Å². The molecule has 1 aromatic carbocycles. The predicted molar refractivity (Wildman–Crippen MR) is 103 cm³/mol. The zero-order chi connectivity index (χ0) is 18.1. The normalized spacial score (nSPS) is 17.7. The molecule has 0 aliphatic carbocycles. The van der Waals surface area contributed by atoms with Crippen molar-refractivity contribution < 1.29 is 4.79 Å². The molecule has 1 N–H and O–H groups in total. The third kappa shape index (κ3) is 3.31. The first-order valence-corrected chi connectivity index (χ1v) is 9.87. The quantitative estimate of drug-likeness (QED) is 0.768. The first-order valence-electron chi connectivity index (χ1n) is 8.99. The third-order valence-corrected chi connectivity index (χ3v) is 5.98. The van der Waals surface area contributed by atoms with Gasteiger partial charge in [0.15, 0.2) is 0 Å². The van der Waals surface area contributed by atoms with E-state index >= 15 is 0 Å². The average Bonchev–Trinajstić information content (AvgIpc) is 3.23.